The van der Waals surface area contributed by atoms with Gasteiger partial charge in [-0.2, -0.15) is 5.26 Å². The Hall–Kier alpha value is -2.84. The van der Waals surface area contributed by atoms with Gasteiger partial charge in [0.2, 0.25) is 0 Å². The first-order chi connectivity index (χ1) is 14.1. The fraction of sp³-hybridized carbons (Fsp3) is 0.250. The Labute approximate surface area is 180 Å². The Morgan fingerprint density at radius 2 is 1.83 bits per heavy atom. The van der Waals surface area contributed by atoms with E-state index in [4.69, 9.17) is 10.5 Å². The Kier molecular flexibility index (Phi) is 7.26. The molecule has 29 heavy (non-hydrogen) atoms. The molecule has 0 amide bonds. The average Bonchev–Trinajstić information content (AvgIpc) is 2.73. The zero-order chi connectivity index (χ0) is 20.6. The van der Waals surface area contributed by atoms with Gasteiger partial charge in [0.15, 0.2) is 0 Å². The summed E-state index contributed by atoms with van der Waals surface area (Å²) in [6, 6.07) is 19.8. The predicted molar refractivity (Wildman–Crippen MR) is 122 cm³/mol. The number of rotatable bonds is 8. The highest BCUT2D eigenvalue weighted by Gasteiger charge is 2.14. The van der Waals surface area contributed by atoms with Gasteiger partial charge in [-0.15, -0.1) is 0 Å². The van der Waals surface area contributed by atoms with Crippen LogP contribution in [0.3, 0.4) is 0 Å². The summed E-state index contributed by atoms with van der Waals surface area (Å²) in [4.78, 5) is 4.43. The Morgan fingerprint density at radius 1 is 1.03 bits per heavy atom. The van der Waals surface area contributed by atoms with Crippen molar-refractivity contribution in [1.29, 1.82) is 5.26 Å². The number of unbranched alkanes of at least 4 members (excludes halogenated alkanes) is 3. The molecule has 0 aliphatic carbocycles. The number of hydrogen-bond donors (Lipinski definition) is 1. The maximum absolute atomic E-state index is 9.61. The maximum atomic E-state index is 9.61. The van der Waals surface area contributed by atoms with Crippen LogP contribution in [-0.2, 0) is 0 Å². The molecule has 0 atom stereocenters. The lowest BCUT2D eigenvalue weighted by atomic mass is 9.98. The predicted octanol–water partition coefficient (Wildman–Crippen LogP) is 6.59. The fourth-order valence-electron chi connectivity index (χ4n) is 3.16. The van der Waals surface area contributed by atoms with Gasteiger partial charge in [0.05, 0.1) is 12.3 Å². The third kappa shape index (κ3) is 5.36. The summed E-state index contributed by atoms with van der Waals surface area (Å²) in [6.45, 7) is 2.92. The summed E-state index contributed by atoms with van der Waals surface area (Å²) in [5, 5.41) is 9.61. The van der Waals surface area contributed by atoms with Crippen LogP contribution in [-0.4, -0.2) is 11.6 Å². The van der Waals surface area contributed by atoms with E-state index < -0.39 is 0 Å². The largest absolute Gasteiger partial charge is 0.494 e. The number of halogens is 1. The minimum Gasteiger partial charge on any atom is -0.494 e. The molecule has 4 nitrogen and oxygen atoms in total. The normalized spacial score (nSPS) is 10.5. The monoisotopic (exact) mass is 449 g/mol. The minimum atomic E-state index is 0.233. The third-order valence-electron chi connectivity index (χ3n) is 4.71. The van der Waals surface area contributed by atoms with Crippen LogP contribution in [0.5, 0.6) is 5.75 Å². The van der Waals surface area contributed by atoms with E-state index in [1.54, 1.807) is 0 Å². The summed E-state index contributed by atoms with van der Waals surface area (Å²) in [5.41, 5.74) is 9.84. The molecule has 2 N–H and O–H groups in total. The summed E-state index contributed by atoms with van der Waals surface area (Å²) in [6.07, 6.45) is 4.70. The van der Waals surface area contributed by atoms with Crippen molar-refractivity contribution in [2.24, 2.45) is 0 Å². The lowest BCUT2D eigenvalue weighted by Crippen LogP contribution is -2.00. The van der Waals surface area contributed by atoms with Crippen LogP contribution < -0.4 is 10.5 Å². The van der Waals surface area contributed by atoms with E-state index in [9.17, 15) is 5.26 Å². The van der Waals surface area contributed by atoms with E-state index in [1.807, 2.05) is 54.6 Å². The van der Waals surface area contributed by atoms with Crippen molar-refractivity contribution >= 4 is 21.7 Å². The van der Waals surface area contributed by atoms with Gasteiger partial charge >= 0.3 is 0 Å². The molecule has 0 aliphatic rings. The first-order valence-corrected chi connectivity index (χ1v) is 10.6. The van der Waals surface area contributed by atoms with Crippen LogP contribution in [0, 0.1) is 11.3 Å². The van der Waals surface area contributed by atoms with Crippen LogP contribution >= 0.6 is 15.9 Å². The van der Waals surface area contributed by atoms with Gasteiger partial charge in [-0.25, -0.2) is 4.98 Å². The Morgan fingerprint density at radius 3 is 2.52 bits per heavy atom. The van der Waals surface area contributed by atoms with Crippen molar-refractivity contribution in [3.05, 3.63) is 64.6 Å². The molecular formula is C24H24BrN3O. The molecule has 1 heterocycles. The number of ether oxygens (including phenoxy) is 1. The molecule has 0 saturated heterocycles. The van der Waals surface area contributed by atoms with Crippen molar-refractivity contribution < 1.29 is 4.74 Å². The summed E-state index contributed by atoms with van der Waals surface area (Å²) in [5.74, 6) is 1.06. The van der Waals surface area contributed by atoms with Crippen LogP contribution in [0.25, 0.3) is 22.4 Å². The van der Waals surface area contributed by atoms with E-state index in [-0.39, 0.29) is 5.82 Å². The van der Waals surface area contributed by atoms with Gasteiger partial charge in [-0.05, 0) is 42.3 Å². The highest BCUT2D eigenvalue weighted by Crippen LogP contribution is 2.32. The van der Waals surface area contributed by atoms with Crippen LogP contribution in [0.15, 0.2) is 59.1 Å². The van der Waals surface area contributed by atoms with Gasteiger partial charge in [0.1, 0.15) is 23.2 Å². The van der Waals surface area contributed by atoms with Gasteiger partial charge in [0.25, 0.3) is 0 Å². The first kappa shape index (κ1) is 20.9. The molecule has 0 unspecified atom stereocenters. The van der Waals surface area contributed by atoms with Crippen molar-refractivity contribution in [3.63, 3.8) is 0 Å². The molecule has 0 aliphatic heterocycles. The van der Waals surface area contributed by atoms with E-state index >= 15 is 0 Å². The fourth-order valence-corrected chi connectivity index (χ4v) is 3.55. The number of hydrogen-bond acceptors (Lipinski definition) is 4. The van der Waals surface area contributed by atoms with E-state index in [1.165, 1.54) is 19.3 Å². The molecule has 0 bridgehead atoms. The second kappa shape index (κ2) is 10.1. The molecule has 148 valence electrons. The number of nitrogens with zero attached hydrogens (tertiary/aromatic N) is 2. The van der Waals surface area contributed by atoms with Crippen molar-refractivity contribution in [1.82, 2.24) is 4.98 Å². The van der Waals surface area contributed by atoms with E-state index in [0.29, 0.717) is 5.56 Å². The number of nitrogens with two attached hydrogens (primary N) is 1. The summed E-state index contributed by atoms with van der Waals surface area (Å²) in [7, 11) is 0. The van der Waals surface area contributed by atoms with Gasteiger partial charge in [-0.1, -0.05) is 66.4 Å². The standard InChI is InChI=1S/C24H24BrN3O/c1-2-3-4-5-13-29-20-11-9-17(10-12-20)21-15-23(28-24(27)22(21)16-26)18-7-6-8-19(25)14-18/h6-12,14-15H,2-5,13H2,1H3,(H2,27,28). The number of pyridine rings is 1. The minimum absolute atomic E-state index is 0.233. The van der Waals surface area contributed by atoms with Gasteiger partial charge in [0, 0.05) is 15.6 Å². The molecule has 0 fully saturated rings. The first-order valence-electron chi connectivity index (χ1n) is 9.82. The number of nitriles is 1. The van der Waals surface area contributed by atoms with Crippen LogP contribution in [0.2, 0.25) is 0 Å². The Balaban J connectivity index is 1.86. The highest BCUT2D eigenvalue weighted by atomic mass is 79.9. The van der Waals surface area contributed by atoms with Crippen LogP contribution in [0.4, 0.5) is 5.82 Å². The summed E-state index contributed by atoms with van der Waals surface area (Å²) >= 11 is 3.49. The van der Waals surface area contributed by atoms with E-state index in [2.05, 4.69) is 33.9 Å². The molecule has 5 heteroatoms. The molecule has 1 aromatic heterocycles. The topological polar surface area (TPSA) is 71.9 Å². The van der Waals surface area contributed by atoms with E-state index in [0.717, 1.165) is 45.6 Å². The molecule has 0 radical (unpaired) electrons. The van der Waals surface area contributed by atoms with Crippen molar-refractivity contribution in [2.75, 3.05) is 12.3 Å². The van der Waals surface area contributed by atoms with Crippen molar-refractivity contribution in [2.45, 2.75) is 32.6 Å². The van der Waals surface area contributed by atoms with Gasteiger partial charge < -0.3 is 10.5 Å². The number of anilines is 1. The average molecular weight is 450 g/mol. The Bertz CT molecular complexity index is 1010. The smallest absolute Gasteiger partial charge is 0.142 e. The number of aromatic nitrogens is 1. The molecule has 3 aromatic rings. The van der Waals surface area contributed by atoms with Crippen LogP contribution in [0.1, 0.15) is 38.2 Å². The summed E-state index contributed by atoms with van der Waals surface area (Å²) < 4.78 is 6.78. The molecule has 3 rings (SSSR count). The maximum Gasteiger partial charge on any atom is 0.142 e. The molecular weight excluding hydrogens is 426 g/mol. The molecule has 2 aromatic carbocycles. The number of benzene rings is 2. The van der Waals surface area contributed by atoms with Crippen molar-refractivity contribution in [3.8, 4) is 34.2 Å². The molecule has 0 saturated carbocycles. The lowest BCUT2D eigenvalue weighted by molar-refractivity contribution is 0.305. The second-order valence-electron chi connectivity index (χ2n) is 6.87. The zero-order valence-electron chi connectivity index (χ0n) is 16.5. The quantitative estimate of drug-likeness (QED) is 0.393. The molecule has 0 spiro atoms. The third-order valence-corrected chi connectivity index (χ3v) is 5.20. The lowest BCUT2D eigenvalue weighted by Gasteiger charge is -2.11. The number of nitrogen functional groups attached to an aromatic ring is 1. The zero-order valence-corrected chi connectivity index (χ0v) is 18.1. The van der Waals surface area contributed by atoms with Gasteiger partial charge in [-0.3, -0.25) is 0 Å². The second-order valence-corrected chi connectivity index (χ2v) is 7.79. The highest BCUT2D eigenvalue weighted by molar-refractivity contribution is 9.10. The SMILES string of the molecule is CCCCCCOc1ccc(-c2cc(-c3cccc(Br)c3)nc(N)c2C#N)cc1.